The maximum Gasteiger partial charge on any atom is 0.170 e. The zero-order chi connectivity index (χ0) is 12.7. The van der Waals surface area contributed by atoms with E-state index in [-0.39, 0.29) is 0 Å². The van der Waals surface area contributed by atoms with Gasteiger partial charge in [0.25, 0.3) is 0 Å². The standard InChI is InChI=1S/C11H15BrN2O2S/c1-15-6-5-13-11(17)14-9-7-8(12)3-4-10(9)16-2/h3-4,7H,5-6H2,1-2H3,(H2,13,14,17). The van der Waals surface area contributed by atoms with Gasteiger partial charge >= 0.3 is 0 Å². The van der Waals surface area contributed by atoms with Crippen LogP contribution < -0.4 is 15.4 Å². The van der Waals surface area contributed by atoms with Crippen molar-refractivity contribution in [3.8, 4) is 5.75 Å². The van der Waals surface area contributed by atoms with Crippen molar-refractivity contribution in [2.24, 2.45) is 0 Å². The predicted octanol–water partition coefficient (Wildman–Crippen LogP) is 2.39. The highest BCUT2D eigenvalue weighted by molar-refractivity contribution is 9.10. The highest BCUT2D eigenvalue weighted by Crippen LogP contribution is 2.27. The normalized spacial score (nSPS) is 9.82. The summed E-state index contributed by atoms with van der Waals surface area (Å²) in [5, 5.41) is 6.64. The first kappa shape index (κ1) is 14.2. The molecule has 0 radical (unpaired) electrons. The van der Waals surface area contributed by atoms with Gasteiger partial charge in [-0.25, -0.2) is 0 Å². The first-order valence-corrected chi connectivity index (χ1v) is 6.25. The van der Waals surface area contributed by atoms with Gasteiger partial charge in [-0.2, -0.15) is 0 Å². The van der Waals surface area contributed by atoms with E-state index in [0.717, 1.165) is 15.9 Å². The number of ether oxygens (including phenoxy) is 2. The van der Waals surface area contributed by atoms with Crippen LogP contribution in [0.25, 0.3) is 0 Å². The molecule has 0 aromatic heterocycles. The Morgan fingerprint density at radius 2 is 2.18 bits per heavy atom. The number of anilines is 1. The van der Waals surface area contributed by atoms with Crippen LogP contribution in [0.1, 0.15) is 0 Å². The monoisotopic (exact) mass is 318 g/mol. The number of hydrogen-bond donors (Lipinski definition) is 2. The zero-order valence-corrected chi connectivity index (χ0v) is 12.2. The Balaban J connectivity index is 2.60. The maximum absolute atomic E-state index is 5.23. The number of rotatable bonds is 5. The molecule has 1 aromatic rings. The third kappa shape index (κ3) is 4.89. The van der Waals surface area contributed by atoms with Crippen LogP contribution in [0.4, 0.5) is 5.69 Å². The summed E-state index contributed by atoms with van der Waals surface area (Å²) in [6.07, 6.45) is 0. The quantitative estimate of drug-likeness (QED) is 0.644. The van der Waals surface area contributed by atoms with E-state index in [9.17, 15) is 0 Å². The predicted molar refractivity (Wildman–Crippen MR) is 76.8 cm³/mol. The van der Waals surface area contributed by atoms with Crippen LogP contribution in [0, 0.1) is 0 Å². The summed E-state index contributed by atoms with van der Waals surface area (Å²) >= 11 is 8.55. The lowest BCUT2D eigenvalue weighted by Gasteiger charge is -2.13. The molecule has 94 valence electrons. The molecule has 2 N–H and O–H groups in total. The lowest BCUT2D eigenvalue weighted by Crippen LogP contribution is -2.31. The molecule has 0 atom stereocenters. The van der Waals surface area contributed by atoms with Crippen molar-refractivity contribution in [1.29, 1.82) is 0 Å². The molecule has 4 nitrogen and oxygen atoms in total. The number of benzene rings is 1. The van der Waals surface area contributed by atoms with Crippen LogP contribution in [0.15, 0.2) is 22.7 Å². The molecule has 0 saturated heterocycles. The molecular formula is C11H15BrN2O2S. The maximum atomic E-state index is 5.23. The molecule has 0 aliphatic rings. The first-order chi connectivity index (χ1) is 8.17. The van der Waals surface area contributed by atoms with Gasteiger partial charge in [-0.1, -0.05) is 15.9 Å². The molecule has 0 heterocycles. The minimum Gasteiger partial charge on any atom is -0.495 e. The molecule has 0 bridgehead atoms. The molecule has 1 rings (SSSR count). The fourth-order valence-electron chi connectivity index (χ4n) is 1.21. The van der Waals surface area contributed by atoms with E-state index in [1.165, 1.54) is 0 Å². The largest absolute Gasteiger partial charge is 0.495 e. The smallest absolute Gasteiger partial charge is 0.170 e. The molecular weight excluding hydrogens is 304 g/mol. The summed E-state index contributed by atoms with van der Waals surface area (Å²) in [7, 11) is 3.27. The highest BCUT2D eigenvalue weighted by atomic mass is 79.9. The highest BCUT2D eigenvalue weighted by Gasteiger charge is 2.05. The molecule has 0 amide bonds. The van der Waals surface area contributed by atoms with Crippen molar-refractivity contribution in [2.45, 2.75) is 0 Å². The Morgan fingerprint density at radius 1 is 1.41 bits per heavy atom. The van der Waals surface area contributed by atoms with Crippen molar-refractivity contribution in [1.82, 2.24) is 5.32 Å². The molecule has 0 aliphatic carbocycles. The Labute approximate surface area is 115 Å². The number of hydrogen-bond acceptors (Lipinski definition) is 3. The second-order valence-electron chi connectivity index (χ2n) is 3.22. The van der Waals surface area contributed by atoms with Crippen molar-refractivity contribution >= 4 is 38.9 Å². The third-order valence-electron chi connectivity index (χ3n) is 2.00. The summed E-state index contributed by atoms with van der Waals surface area (Å²) in [6.45, 7) is 1.27. The van der Waals surface area contributed by atoms with Gasteiger partial charge in [0.15, 0.2) is 5.11 Å². The Hall–Kier alpha value is -0.850. The number of methoxy groups -OCH3 is 2. The van der Waals surface area contributed by atoms with Gasteiger partial charge in [0, 0.05) is 18.1 Å². The van der Waals surface area contributed by atoms with Crippen LogP contribution in [-0.2, 0) is 4.74 Å². The number of thiocarbonyl (C=S) groups is 1. The van der Waals surface area contributed by atoms with Crippen LogP contribution >= 0.6 is 28.1 Å². The number of nitrogens with one attached hydrogen (secondary N) is 2. The van der Waals surface area contributed by atoms with E-state index in [0.29, 0.717) is 18.3 Å². The van der Waals surface area contributed by atoms with Gasteiger partial charge in [0.2, 0.25) is 0 Å². The summed E-state index contributed by atoms with van der Waals surface area (Å²) in [6, 6.07) is 5.68. The van der Waals surface area contributed by atoms with E-state index >= 15 is 0 Å². The van der Waals surface area contributed by atoms with Gasteiger partial charge in [-0.15, -0.1) is 0 Å². The first-order valence-electron chi connectivity index (χ1n) is 5.04. The fourth-order valence-corrected chi connectivity index (χ4v) is 1.78. The summed E-state index contributed by atoms with van der Waals surface area (Å²) in [5.74, 6) is 0.740. The Bertz CT molecular complexity index is 388. The Morgan fingerprint density at radius 3 is 2.82 bits per heavy atom. The minimum atomic E-state index is 0.540. The summed E-state index contributed by atoms with van der Waals surface area (Å²) < 4.78 is 11.1. The van der Waals surface area contributed by atoms with Crippen LogP contribution in [-0.4, -0.2) is 32.5 Å². The molecule has 0 unspecified atom stereocenters. The van der Waals surface area contributed by atoms with E-state index in [1.807, 2.05) is 18.2 Å². The number of halogens is 1. The van der Waals surface area contributed by atoms with E-state index in [1.54, 1.807) is 14.2 Å². The van der Waals surface area contributed by atoms with Crippen molar-refractivity contribution in [3.05, 3.63) is 22.7 Å². The van der Waals surface area contributed by atoms with E-state index in [2.05, 4.69) is 26.6 Å². The van der Waals surface area contributed by atoms with Gasteiger partial charge in [-0.05, 0) is 30.4 Å². The van der Waals surface area contributed by atoms with Crippen LogP contribution in [0.5, 0.6) is 5.75 Å². The van der Waals surface area contributed by atoms with E-state index in [4.69, 9.17) is 21.7 Å². The van der Waals surface area contributed by atoms with Crippen LogP contribution in [0.3, 0.4) is 0 Å². The third-order valence-corrected chi connectivity index (χ3v) is 2.74. The SMILES string of the molecule is COCCNC(=S)Nc1cc(Br)ccc1OC. The zero-order valence-electron chi connectivity index (χ0n) is 9.75. The average molecular weight is 319 g/mol. The topological polar surface area (TPSA) is 42.5 Å². The lowest BCUT2D eigenvalue weighted by molar-refractivity contribution is 0.204. The van der Waals surface area contributed by atoms with Gasteiger partial charge in [0.1, 0.15) is 5.75 Å². The molecule has 6 heteroatoms. The van der Waals surface area contributed by atoms with Crippen molar-refractivity contribution < 1.29 is 9.47 Å². The molecule has 0 saturated carbocycles. The second-order valence-corrected chi connectivity index (χ2v) is 4.54. The molecule has 0 fully saturated rings. The summed E-state index contributed by atoms with van der Waals surface area (Å²) in [4.78, 5) is 0. The molecule has 0 spiro atoms. The molecule has 0 aliphatic heterocycles. The molecule has 17 heavy (non-hydrogen) atoms. The van der Waals surface area contributed by atoms with Crippen molar-refractivity contribution in [3.63, 3.8) is 0 Å². The van der Waals surface area contributed by atoms with Gasteiger partial charge in [-0.3, -0.25) is 0 Å². The molecule has 1 aromatic carbocycles. The lowest BCUT2D eigenvalue weighted by atomic mass is 10.3. The van der Waals surface area contributed by atoms with Crippen molar-refractivity contribution in [2.75, 3.05) is 32.7 Å². The average Bonchev–Trinajstić information content (AvgIpc) is 2.29. The Kier molecular flexibility index (Phi) is 6.25. The fraction of sp³-hybridized carbons (Fsp3) is 0.364. The second kappa shape index (κ2) is 7.47. The minimum absolute atomic E-state index is 0.540. The van der Waals surface area contributed by atoms with E-state index < -0.39 is 0 Å². The summed E-state index contributed by atoms with van der Waals surface area (Å²) in [5.41, 5.74) is 0.816. The van der Waals surface area contributed by atoms with Gasteiger partial charge in [0.05, 0.1) is 19.4 Å². The van der Waals surface area contributed by atoms with Gasteiger partial charge < -0.3 is 20.1 Å². The van der Waals surface area contributed by atoms with Crippen LogP contribution in [0.2, 0.25) is 0 Å².